The summed E-state index contributed by atoms with van der Waals surface area (Å²) < 4.78 is 0. The van der Waals surface area contributed by atoms with Crippen LogP contribution in [-0.2, 0) is 0 Å². The number of aryl methyl sites for hydroxylation is 1. The van der Waals surface area contributed by atoms with Gasteiger partial charge in [-0.15, -0.1) is 0 Å². The molecule has 19 heavy (non-hydrogen) atoms. The maximum atomic E-state index is 10.9. The molecule has 0 amide bonds. The van der Waals surface area contributed by atoms with Crippen LogP contribution in [-0.4, -0.2) is 16.1 Å². The fourth-order valence-corrected chi connectivity index (χ4v) is 1.94. The normalized spacial score (nSPS) is 14.4. The van der Waals surface area contributed by atoms with Crippen molar-refractivity contribution in [2.75, 3.05) is 0 Å². The summed E-state index contributed by atoms with van der Waals surface area (Å²) in [6.45, 7) is 5.84. The largest absolute Gasteiger partial charge is 0.391 e. The Labute approximate surface area is 113 Å². The van der Waals surface area contributed by atoms with Crippen molar-refractivity contribution in [3.8, 4) is 0 Å². The molecule has 0 aliphatic rings. The van der Waals surface area contributed by atoms with E-state index >= 15 is 0 Å². The zero-order chi connectivity index (χ0) is 14.6. The molecule has 0 heterocycles. The third-order valence-corrected chi connectivity index (χ3v) is 3.27. The lowest BCUT2D eigenvalue weighted by Gasteiger charge is -2.20. The van der Waals surface area contributed by atoms with Gasteiger partial charge in [0.15, 0.2) is 0 Å². The van der Waals surface area contributed by atoms with Crippen molar-refractivity contribution in [2.45, 2.75) is 45.8 Å². The number of hydrogen-bond acceptors (Lipinski definition) is 4. The summed E-state index contributed by atoms with van der Waals surface area (Å²) in [4.78, 5) is 10.5. The third-order valence-electron chi connectivity index (χ3n) is 3.27. The summed E-state index contributed by atoms with van der Waals surface area (Å²) in [7, 11) is 0. The van der Waals surface area contributed by atoms with Crippen molar-refractivity contribution in [3.05, 3.63) is 39.4 Å². The molecular formula is C14H22N2O3. The molecule has 0 bridgehead atoms. The predicted octanol–water partition coefficient (Wildman–Crippen LogP) is 2.70. The first-order valence-corrected chi connectivity index (χ1v) is 6.51. The van der Waals surface area contributed by atoms with Gasteiger partial charge in [-0.2, -0.15) is 0 Å². The molecule has 106 valence electrons. The Morgan fingerprint density at radius 2 is 2.00 bits per heavy atom. The van der Waals surface area contributed by atoms with Gasteiger partial charge in [-0.3, -0.25) is 10.1 Å². The van der Waals surface area contributed by atoms with E-state index < -0.39 is 17.1 Å². The van der Waals surface area contributed by atoms with E-state index in [4.69, 9.17) is 5.73 Å². The number of benzene rings is 1. The highest BCUT2D eigenvalue weighted by Crippen LogP contribution is 2.25. The van der Waals surface area contributed by atoms with E-state index in [0.717, 1.165) is 6.42 Å². The summed E-state index contributed by atoms with van der Waals surface area (Å²) in [6.07, 6.45) is 0.799. The highest BCUT2D eigenvalue weighted by atomic mass is 16.6. The van der Waals surface area contributed by atoms with Gasteiger partial charge >= 0.3 is 0 Å². The Morgan fingerprint density at radius 1 is 1.37 bits per heavy atom. The molecule has 0 spiro atoms. The van der Waals surface area contributed by atoms with Gasteiger partial charge in [0, 0.05) is 11.6 Å². The second-order valence-electron chi connectivity index (χ2n) is 5.37. The van der Waals surface area contributed by atoms with Gasteiger partial charge in [0.2, 0.25) is 0 Å². The van der Waals surface area contributed by atoms with E-state index in [1.807, 2.05) is 0 Å². The average Bonchev–Trinajstić information content (AvgIpc) is 2.35. The number of nitrogens with zero attached hydrogens (tertiary/aromatic N) is 1. The molecule has 0 aliphatic heterocycles. The number of aliphatic hydroxyl groups is 1. The van der Waals surface area contributed by atoms with Gasteiger partial charge in [0.05, 0.1) is 17.1 Å². The third kappa shape index (κ3) is 4.29. The molecule has 0 aromatic heterocycles. The van der Waals surface area contributed by atoms with Crippen LogP contribution >= 0.6 is 0 Å². The molecular weight excluding hydrogens is 244 g/mol. The Balaban J connectivity index is 2.84. The van der Waals surface area contributed by atoms with E-state index in [9.17, 15) is 15.2 Å². The van der Waals surface area contributed by atoms with Crippen molar-refractivity contribution in [1.29, 1.82) is 0 Å². The molecule has 1 rings (SSSR count). The van der Waals surface area contributed by atoms with Crippen molar-refractivity contribution < 1.29 is 10.0 Å². The smallest absolute Gasteiger partial charge is 0.272 e. The molecule has 5 heteroatoms. The number of nitro benzene ring substituents is 1. The van der Waals surface area contributed by atoms with Crippen molar-refractivity contribution >= 4 is 5.69 Å². The molecule has 0 radical (unpaired) electrons. The summed E-state index contributed by atoms with van der Waals surface area (Å²) in [6, 6.07) is 4.28. The topological polar surface area (TPSA) is 89.4 Å². The quantitative estimate of drug-likeness (QED) is 0.612. The SMILES string of the molecule is Cc1ccc([C@H](N)[C@H](O)CCC(C)C)cc1[N+](=O)[O-]. The second-order valence-corrected chi connectivity index (χ2v) is 5.37. The predicted molar refractivity (Wildman–Crippen MR) is 74.8 cm³/mol. The minimum Gasteiger partial charge on any atom is -0.391 e. The van der Waals surface area contributed by atoms with Gasteiger partial charge in [-0.1, -0.05) is 26.0 Å². The van der Waals surface area contributed by atoms with E-state index in [1.54, 1.807) is 19.1 Å². The lowest BCUT2D eigenvalue weighted by atomic mass is 9.95. The van der Waals surface area contributed by atoms with Gasteiger partial charge in [-0.05, 0) is 31.2 Å². The summed E-state index contributed by atoms with van der Waals surface area (Å²) in [5, 5.41) is 20.9. The molecule has 0 saturated carbocycles. The molecule has 5 nitrogen and oxygen atoms in total. The number of rotatable bonds is 6. The highest BCUT2D eigenvalue weighted by Gasteiger charge is 2.20. The van der Waals surface area contributed by atoms with Crippen LogP contribution in [0.15, 0.2) is 18.2 Å². The lowest BCUT2D eigenvalue weighted by Crippen LogP contribution is -2.26. The monoisotopic (exact) mass is 266 g/mol. The lowest BCUT2D eigenvalue weighted by molar-refractivity contribution is -0.385. The minimum atomic E-state index is -0.676. The summed E-state index contributed by atoms with van der Waals surface area (Å²) in [5.41, 5.74) is 7.22. The van der Waals surface area contributed by atoms with Gasteiger partial charge in [0.25, 0.3) is 5.69 Å². The molecule has 0 fully saturated rings. The van der Waals surface area contributed by atoms with E-state index in [0.29, 0.717) is 23.5 Å². The first kappa shape index (κ1) is 15.6. The first-order valence-electron chi connectivity index (χ1n) is 6.51. The molecule has 1 aromatic carbocycles. The molecule has 0 aliphatic carbocycles. The fourth-order valence-electron chi connectivity index (χ4n) is 1.94. The van der Waals surface area contributed by atoms with Crippen molar-refractivity contribution in [3.63, 3.8) is 0 Å². The van der Waals surface area contributed by atoms with Crippen LogP contribution in [0.3, 0.4) is 0 Å². The van der Waals surface area contributed by atoms with Crippen LogP contribution in [0.5, 0.6) is 0 Å². The van der Waals surface area contributed by atoms with Crippen LogP contribution in [0, 0.1) is 23.0 Å². The number of hydrogen-bond donors (Lipinski definition) is 2. The van der Waals surface area contributed by atoms with E-state index in [-0.39, 0.29) is 5.69 Å². The highest BCUT2D eigenvalue weighted by molar-refractivity contribution is 5.43. The molecule has 2 atom stereocenters. The van der Waals surface area contributed by atoms with E-state index in [2.05, 4.69) is 13.8 Å². The van der Waals surface area contributed by atoms with Crippen molar-refractivity contribution in [1.82, 2.24) is 0 Å². The Hall–Kier alpha value is -1.46. The van der Waals surface area contributed by atoms with Gasteiger partial charge in [0.1, 0.15) is 0 Å². The molecule has 0 saturated heterocycles. The van der Waals surface area contributed by atoms with Crippen LogP contribution in [0.2, 0.25) is 0 Å². The molecule has 3 N–H and O–H groups in total. The molecule has 1 aromatic rings. The fraction of sp³-hybridized carbons (Fsp3) is 0.571. The van der Waals surface area contributed by atoms with Gasteiger partial charge < -0.3 is 10.8 Å². The first-order chi connectivity index (χ1) is 8.82. The average molecular weight is 266 g/mol. The van der Waals surface area contributed by atoms with Crippen LogP contribution < -0.4 is 5.73 Å². The standard InChI is InChI=1S/C14H22N2O3/c1-9(2)4-7-13(17)14(15)11-6-5-10(3)12(8-11)16(18)19/h5-6,8-9,13-14,17H,4,7,15H2,1-3H3/t13-,14+/m1/s1. The zero-order valence-corrected chi connectivity index (χ0v) is 11.7. The number of nitrogens with two attached hydrogens (primary N) is 1. The maximum Gasteiger partial charge on any atom is 0.272 e. The summed E-state index contributed by atoms with van der Waals surface area (Å²) >= 11 is 0. The van der Waals surface area contributed by atoms with Crippen LogP contribution in [0.1, 0.15) is 43.9 Å². The van der Waals surface area contributed by atoms with Crippen LogP contribution in [0.4, 0.5) is 5.69 Å². The van der Waals surface area contributed by atoms with E-state index in [1.165, 1.54) is 6.07 Å². The number of nitro groups is 1. The van der Waals surface area contributed by atoms with Crippen molar-refractivity contribution in [2.24, 2.45) is 11.7 Å². The van der Waals surface area contributed by atoms with Gasteiger partial charge in [-0.25, -0.2) is 0 Å². The Kier molecular flexibility index (Phi) is 5.44. The molecule has 0 unspecified atom stereocenters. The Morgan fingerprint density at radius 3 is 2.53 bits per heavy atom. The minimum absolute atomic E-state index is 0.0454. The second kappa shape index (κ2) is 6.63. The summed E-state index contributed by atoms with van der Waals surface area (Å²) in [5.74, 6) is 0.495. The number of aliphatic hydroxyl groups excluding tert-OH is 1. The Bertz CT molecular complexity index is 446. The van der Waals surface area contributed by atoms with Crippen LogP contribution in [0.25, 0.3) is 0 Å². The zero-order valence-electron chi connectivity index (χ0n) is 11.7. The maximum absolute atomic E-state index is 10.9.